The standard InChI is InChI=1S/C19H17BrN2O/c1-15(7-5-6-10-16-8-3-2-4-9-16)21-22-19(23)17-11-13-18(20)14-12-17/h2-14H,1H3,(H,22,23)/b7-5+,10-6+,21-15-. The highest BCUT2D eigenvalue weighted by Gasteiger charge is 2.03. The van der Waals surface area contributed by atoms with Gasteiger partial charge < -0.3 is 0 Å². The van der Waals surface area contributed by atoms with Crippen molar-refractivity contribution in [1.29, 1.82) is 0 Å². The highest BCUT2D eigenvalue weighted by Crippen LogP contribution is 2.10. The van der Waals surface area contributed by atoms with Gasteiger partial charge in [-0.25, -0.2) is 5.43 Å². The lowest BCUT2D eigenvalue weighted by atomic mass is 10.2. The largest absolute Gasteiger partial charge is 0.271 e. The molecule has 0 spiro atoms. The zero-order valence-corrected chi connectivity index (χ0v) is 14.3. The molecule has 0 atom stereocenters. The van der Waals surface area contributed by atoms with Crippen LogP contribution in [0.3, 0.4) is 0 Å². The predicted molar refractivity (Wildman–Crippen MR) is 99.3 cm³/mol. The molecule has 1 N–H and O–H groups in total. The number of carbonyl (C=O) groups is 1. The van der Waals surface area contributed by atoms with Crippen LogP contribution in [0.15, 0.2) is 82.4 Å². The fourth-order valence-electron chi connectivity index (χ4n) is 1.77. The van der Waals surface area contributed by atoms with Gasteiger partial charge in [-0.05, 0) is 42.8 Å². The third kappa shape index (κ3) is 6.04. The normalized spacial score (nSPS) is 12.0. The molecule has 2 aromatic carbocycles. The van der Waals surface area contributed by atoms with Crippen molar-refractivity contribution in [3.63, 3.8) is 0 Å². The van der Waals surface area contributed by atoms with Gasteiger partial charge in [-0.2, -0.15) is 5.10 Å². The Hall–Kier alpha value is -2.46. The van der Waals surface area contributed by atoms with E-state index in [0.717, 1.165) is 10.0 Å². The van der Waals surface area contributed by atoms with Gasteiger partial charge in [0.2, 0.25) is 0 Å². The quantitative estimate of drug-likeness (QED) is 0.458. The monoisotopic (exact) mass is 368 g/mol. The zero-order chi connectivity index (χ0) is 16.5. The van der Waals surface area contributed by atoms with Gasteiger partial charge in [0.15, 0.2) is 0 Å². The lowest BCUT2D eigenvalue weighted by molar-refractivity contribution is 0.0955. The molecule has 0 fully saturated rings. The summed E-state index contributed by atoms with van der Waals surface area (Å²) < 4.78 is 0.932. The summed E-state index contributed by atoms with van der Waals surface area (Å²) in [5, 5.41) is 4.05. The van der Waals surface area contributed by atoms with E-state index in [-0.39, 0.29) is 5.91 Å². The van der Waals surface area contributed by atoms with E-state index in [4.69, 9.17) is 0 Å². The van der Waals surface area contributed by atoms with Crippen molar-refractivity contribution in [3.05, 3.63) is 88.4 Å². The van der Waals surface area contributed by atoms with Crippen LogP contribution >= 0.6 is 15.9 Å². The molecule has 0 unspecified atom stereocenters. The van der Waals surface area contributed by atoms with Gasteiger partial charge >= 0.3 is 0 Å². The maximum atomic E-state index is 11.9. The van der Waals surface area contributed by atoms with Gasteiger partial charge in [-0.1, -0.05) is 64.5 Å². The van der Waals surface area contributed by atoms with Crippen LogP contribution in [-0.2, 0) is 0 Å². The number of hydrogen-bond acceptors (Lipinski definition) is 2. The molecule has 1 amide bonds. The Kier molecular flexibility index (Phi) is 6.51. The second kappa shape index (κ2) is 8.86. The molecule has 116 valence electrons. The number of allylic oxidation sites excluding steroid dienone is 3. The Labute approximate surface area is 144 Å². The highest BCUT2D eigenvalue weighted by molar-refractivity contribution is 9.10. The number of benzene rings is 2. The molecular weight excluding hydrogens is 352 g/mol. The smallest absolute Gasteiger partial charge is 0.267 e. The first-order chi connectivity index (χ1) is 11.1. The van der Waals surface area contributed by atoms with Crippen molar-refractivity contribution in [2.24, 2.45) is 5.10 Å². The summed E-state index contributed by atoms with van der Waals surface area (Å²) in [6, 6.07) is 17.2. The zero-order valence-electron chi connectivity index (χ0n) is 12.7. The number of nitrogens with one attached hydrogen (secondary N) is 1. The van der Waals surface area contributed by atoms with Gasteiger partial charge in [0.25, 0.3) is 5.91 Å². The average molecular weight is 369 g/mol. The molecule has 4 heteroatoms. The first-order valence-electron chi connectivity index (χ1n) is 7.15. The minimum atomic E-state index is -0.231. The lowest BCUT2D eigenvalue weighted by Gasteiger charge is -2.00. The Morgan fingerprint density at radius 3 is 2.43 bits per heavy atom. The number of nitrogens with zero attached hydrogens (tertiary/aromatic N) is 1. The number of halogens is 1. The number of hydrazone groups is 1. The van der Waals surface area contributed by atoms with Crippen molar-refractivity contribution in [2.45, 2.75) is 6.92 Å². The third-order valence-electron chi connectivity index (χ3n) is 2.98. The Bertz CT molecular complexity index is 732. The van der Waals surface area contributed by atoms with Crippen LogP contribution in [0.25, 0.3) is 6.08 Å². The molecule has 0 saturated heterocycles. The van der Waals surface area contributed by atoms with E-state index in [1.54, 1.807) is 12.1 Å². The van der Waals surface area contributed by atoms with E-state index in [0.29, 0.717) is 11.3 Å². The van der Waals surface area contributed by atoms with Gasteiger partial charge in [-0.15, -0.1) is 0 Å². The second-order valence-corrected chi connectivity index (χ2v) is 5.75. The molecule has 0 aliphatic heterocycles. The van der Waals surface area contributed by atoms with E-state index in [2.05, 4.69) is 26.5 Å². The van der Waals surface area contributed by atoms with Crippen LogP contribution in [0.5, 0.6) is 0 Å². The molecule has 0 saturated carbocycles. The summed E-state index contributed by atoms with van der Waals surface area (Å²) in [6.45, 7) is 1.83. The number of carbonyl (C=O) groups excluding carboxylic acids is 1. The molecule has 0 aromatic heterocycles. The molecule has 3 nitrogen and oxygen atoms in total. The lowest BCUT2D eigenvalue weighted by Crippen LogP contribution is -2.18. The van der Waals surface area contributed by atoms with Crippen LogP contribution in [0.2, 0.25) is 0 Å². The molecule has 0 aliphatic carbocycles. The number of hydrogen-bond donors (Lipinski definition) is 1. The Morgan fingerprint density at radius 2 is 1.74 bits per heavy atom. The van der Waals surface area contributed by atoms with Crippen LogP contribution in [0, 0.1) is 0 Å². The first kappa shape index (κ1) is 16.9. The summed E-state index contributed by atoms with van der Waals surface area (Å²) in [6.07, 6.45) is 7.66. The summed E-state index contributed by atoms with van der Waals surface area (Å²) in [7, 11) is 0. The SMILES string of the molecule is CC(/C=C/C=C/c1ccccc1)=N/NC(=O)c1ccc(Br)cc1. The van der Waals surface area contributed by atoms with Crippen molar-refractivity contribution in [1.82, 2.24) is 5.43 Å². The van der Waals surface area contributed by atoms with Gasteiger partial charge in [0, 0.05) is 10.0 Å². The van der Waals surface area contributed by atoms with Crippen molar-refractivity contribution >= 4 is 33.6 Å². The molecule has 0 bridgehead atoms. The maximum Gasteiger partial charge on any atom is 0.271 e. The number of rotatable bonds is 5. The third-order valence-corrected chi connectivity index (χ3v) is 3.51. The predicted octanol–water partition coefficient (Wildman–Crippen LogP) is 4.82. The molecule has 0 radical (unpaired) electrons. The molecule has 0 aliphatic rings. The molecular formula is C19H17BrN2O. The molecule has 2 rings (SSSR count). The topological polar surface area (TPSA) is 41.5 Å². The summed E-state index contributed by atoms with van der Waals surface area (Å²) >= 11 is 3.33. The minimum Gasteiger partial charge on any atom is -0.267 e. The first-order valence-corrected chi connectivity index (χ1v) is 7.94. The van der Waals surface area contributed by atoms with E-state index in [1.165, 1.54) is 0 Å². The van der Waals surface area contributed by atoms with Crippen LogP contribution in [0.1, 0.15) is 22.8 Å². The Morgan fingerprint density at radius 1 is 1.04 bits per heavy atom. The number of amides is 1. The fraction of sp³-hybridized carbons (Fsp3) is 0.0526. The second-order valence-electron chi connectivity index (χ2n) is 4.83. The van der Waals surface area contributed by atoms with Gasteiger partial charge in [0.1, 0.15) is 0 Å². The van der Waals surface area contributed by atoms with E-state index < -0.39 is 0 Å². The van der Waals surface area contributed by atoms with Crippen LogP contribution in [0.4, 0.5) is 0 Å². The van der Waals surface area contributed by atoms with Crippen LogP contribution in [-0.4, -0.2) is 11.6 Å². The van der Waals surface area contributed by atoms with E-state index >= 15 is 0 Å². The fourth-order valence-corrected chi connectivity index (χ4v) is 2.03. The minimum absolute atomic E-state index is 0.231. The summed E-state index contributed by atoms with van der Waals surface area (Å²) in [5.74, 6) is -0.231. The van der Waals surface area contributed by atoms with E-state index in [9.17, 15) is 4.79 Å². The van der Waals surface area contributed by atoms with Crippen molar-refractivity contribution < 1.29 is 4.79 Å². The highest BCUT2D eigenvalue weighted by atomic mass is 79.9. The Balaban J connectivity index is 1.87. The van der Waals surface area contributed by atoms with Gasteiger partial charge in [0.05, 0.1) is 5.71 Å². The van der Waals surface area contributed by atoms with Gasteiger partial charge in [-0.3, -0.25) is 4.79 Å². The van der Waals surface area contributed by atoms with Crippen molar-refractivity contribution in [2.75, 3.05) is 0 Å². The average Bonchev–Trinajstić information content (AvgIpc) is 2.58. The molecule has 23 heavy (non-hydrogen) atoms. The summed E-state index contributed by atoms with van der Waals surface area (Å²) in [5.41, 5.74) is 4.95. The molecule has 2 aromatic rings. The maximum absolute atomic E-state index is 11.9. The molecule has 0 heterocycles. The van der Waals surface area contributed by atoms with E-state index in [1.807, 2.05) is 73.7 Å². The van der Waals surface area contributed by atoms with Crippen molar-refractivity contribution in [3.8, 4) is 0 Å². The summed E-state index contributed by atoms with van der Waals surface area (Å²) in [4.78, 5) is 11.9. The van der Waals surface area contributed by atoms with Crippen LogP contribution < -0.4 is 5.43 Å².